The molecule has 0 atom stereocenters. The summed E-state index contributed by atoms with van der Waals surface area (Å²) in [5.74, 6) is 0.872. The summed E-state index contributed by atoms with van der Waals surface area (Å²) in [6.07, 6.45) is 1.86. The minimum absolute atomic E-state index is 0.423. The van der Waals surface area contributed by atoms with Crippen LogP contribution in [0.4, 0.5) is 17.1 Å². The number of fused-ring (bicyclic) bond motifs is 12. The van der Waals surface area contributed by atoms with Crippen LogP contribution in [-0.4, -0.2) is 14.4 Å². The van der Waals surface area contributed by atoms with Gasteiger partial charge in [0, 0.05) is 28.4 Å². The van der Waals surface area contributed by atoms with Crippen LogP contribution in [0.5, 0.6) is 0 Å². The van der Waals surface area contributed by atoms with Gasteiger partial charge in [-0.05, 0) is 94.0 Å². The highest BCUT2D eigenvalue weighted by atomic mass is 15.2. The third-order valence-electron chi connectivity index (χ3n) is 10.8. The van der Waals surface area contributed by atoms with Crippen LogP contribution in [0.15, 0.2) is 182 Å². The lowest BCUT2D eigenvalue weighted by atomic mass is 9.64. The average Bonchev–Trinajstić information content (AvgIpc) is 3.74. The number of benzene rings is 6. The molecule has 1 aliphatic carbocycles. The molecule has 0 unspecified atom stereocenters. The molecular weight excluding hydrogens is 621 g/mol. The van der Waals surface area contributed by atoms with E-state index in [2.05, 4.69) is 173 Å². The summed E-state index contributed by atoms with van der Waals surface area (Å²) in [7, 11) is 0. The van der Waals surface area contributed by atoms with E-state index in [1.807, 2.05) is 18.3 Å². The van der Waals surface area contributed by atoms with Crippen molar-refractivity contribution >= 4 is 33.6 Å². The van der Waals surface area contributed by atoms with Crippen LogP contribution in [-0.2, 0) is 5.41 Å². The molecule has 0 N–H and O–H groups in total. The summed E-state index contributed by atoms with van der Waals surface area (Å²) >= 11 is 0. The molecule has 9 aromatic rings. The number of imidazole rings is 1. The molecule has 51 heavy (non-hydrogen) atoms. The number of nitrogens with zero attached hydrogens (tertiary/aromatic N) is 4. The second-order valence-electron chi connectivity index (χ2n) is 13.4. The maximum absolute atomic E-state index is 5.29. The third kappa shape index (κ3) is 3.79. The summed E-state index contributed by atoms with van der Waals surface area (Å²) < 4.78 is 2.21. The van der Waals surface area contributed by atoms with Crippen molar-refractivity contribution in [2.24, 2.45) is 0 Å². The molecule has 4 heteroatoms. The van der Waals surface area contributed by atoms with Crippen molar-refractivity contribution in [3.63, 3.8) is 0 Å². The summed E-state index contributed by atoms with van der Waals surface area (Å²) in [4.78, 5) is 12.5. The standard InChI is InChI=1S/C47H30N4/c1-2-13-31(14-3-1)44-43-29-26-32-15-12-30-48-45(32)51(43)46(49-44)33-24-27-34(28-25-33)50-41-22-10-8-20-39(41)47(40-21-9-11-23-42(40)50)37-18-6-4-16-35(37)36-17-5-7-19-38(36)47/h1-30H. The van der Waals surface area contributed by atoms with Crippen LogP contribution in [0, 0.1) is 0 Å². The fourth-order valence-corrected chi connectivity index (χ4v) is 8.80. The van der Waals surface area contributed by atoms with E-state index in [0.717, 1.165) is 44.9 Å². The predicted octanol–water partition coefficient (Wildman–Crippen LogP) is 11.4. The quantitative estimate of drug-likeness (QED) is 0.191. The first kappa shape index (κ1) is 28.1. The van der Waals surface area contributed by atoms with Gasteiger partial charge in [0.1, 0.15) is 11.5 Å². The van der Waals surface area contributed by atoms with Crippen molar-refractivity contribution in [3.05, 3.63) is 204 Å². The van der Waals surface area contributed by atoms with E-state index in [-0.39, 0.29) is 0 Å². The molecule has 0 amide bonds. The summed E-state index contributed by atoms with van der Waals surface area (Å²) in [5, 5.41) is 1.07. The lowest BCUT2D eigenvalue weighted by Crippen LogP contribution is -2.36. The van der Waals surface area contributed by atoms with Gasteiger partial charge in [-0.2, -0.15) is 0 Å². The number of hydrogen-bond donors (Lipinski definition) is 0. The Kier molecular flexibility index (Phi) is 5.84. The van der Waals surface area contributed by atoms with Gasteiger partial charge in [-0.15, -0.1) is 0 Å². The zero-order chi connectivity index (χ0) is 33.5. The van der Waals surface area contributed by atoms with E-state index < -0.39 is 5.41 Å². The van der Waals surface area contributed by atoms with Crippen molar-refractivity contribution in [2.45, 2.75) is 5.41 Å². The second-order valence-corrected chi connectivity index (χ2v) is 13.4. The molecule has 0 saturated heterocycles. The Morgan fingerprint density at radius 3 is 1.71 bits per heavy atom. The second kappa shape index (κ2) is 10.6. The van der Waals surface area contributed by atoms with Gasteiger partial charge < -0.3 is 4.90 Å². The summed E-state index contributed by atoms with van der Waals surface area (Å²) in [6.45, 7) is 0. The molecule has 0 radical (unpaired) electrons. The van der Waals surface area contributed by atoms with E-state index in [4.69, 9.17) is 9.97 Å². The SMILES string of the molecule is c1ccc(-c2nc(-c3ccc(N4c5ccccc5C5(c6ccccc6-c6ccccc65)c5ccccc54)cc3)n3c2ccc2cccnc23)cc1. The normalized spacial score (nSPS) is 13.6. The van der Waals surface area contributed by atoms with E-state index in [1.165, 1.54) is 44.8 Å². The number of rotatable bonds is 3. The first-order valence-corrected chi connectivity index (χ1v) is 17.4. The monoisotopic (exact) mass is 650 g/mol. The zero-order valence-electron chi connectivity index (χ0n) is 27.6. The number of para-hydroxylation sites is 2. The van der Waals surface area contributed by atoms with E-state index in [9.17, 15) is 0 Å². The first-order chi connectivity index (χ1) is 25.3. The molecule has 1 spiro atoms. The Hall–Kier alpha value is -6.78. The average molecular weight is 651 g/mol. The van der Waals surface area contributed by atoms with Crippen molar-refractivity contribution in [1.29, 1.82) is 0 Å². The van der Waals surface area contributed by atoms with Gasteiger partial charge in [0.25, 0.3) is 0 Å². The van der Waals surface area contributed by atoms with Crippen molar-refractivity contribution in [3.8, 4) is 33.8 Å². The summed E-state index contributed by atoms with van der Waals surface area (Å²) in [5.41, 5.74) is 15.9. The predicted molar refractivity (Wildman–Crippen MR) is 207 cm³/mol. The van der Waals surface area contributed by atoms with Crippen molar-refractivity contribution < 1.29 is 0 Å². The number of pyridine rings is 2. The van der Waals surface area contributed by atoms with Crippen molar-refractivity contribution in [2.75, 3.05) is 4.90 Å². The lowest BCUT2D eigenvalue weighted by molar-refractivity contribution is 0.752. The van der Waals surface area contributed by atoms with Gasteiger partial charge in [0.2, 0.25) is 0 Å². The van der Waals surface area contributed by atoms with Gasteiger partial charge in [0.05, 0.1) is 28.0 Å². The maximum atomic E-state index is 5.29. The van der Waals surface area contributed by atoms with Gasteiger partial charge in [0.15, 0.2) is 0 Å². The van der Waals surface area contributed by atoms with Crippen LogP contribution in [0.25, 0.3) is 50.3 Å². The van der Waals surface area contributed by atoms with E-state index in [0.29, 0.717) is 0 Å². The third-order valence-corrected chi connectivity index (χ3v) is 10.8. The molecule has 4 nitrogen and oxygen atoms in total. The van der Waals surface area contributed by atoms with E-state index in [1.54, 1.807) is 0 Å². The molecular formula is C47H30N4. The molecule has 238 valence electrons. The fourth-order valence-electron chi connectivity index (χ4n) is 8.80. The largest absolute Gasteiger partial charge is 0.310 e. The number of aromatic nitrogens is 3. The fraction of sp³-hybridized carbons (Fsp3) is 0.0213. The molecule has 0 fully saturated rings. The van der Waals surface area contributed by atoms with Gasteiger partial charge in [-0.3, -0.25) is 4.40 Å². The summed E-state index contributed by atoms with van der Waals surface area (Å²) in [6, 6.07) is 63.5. The Morgan fingerprint density at radius 2 is 1.04 bits per heavy atom. The molecule has 2 aliphatic rings. The van der Waals surface area contributed by atoms with Crippen LogP contribution < -0.4 is 4.90 Å². The molecule has 4 heterocycles. The molecule has 11 rings (SSSR count). The number of anilines is 3. The Morgan fingerprint density at radius 1 is 0.451 bits per heavy atom. The Labute approximate surface area is 295 Å². The van der Waals surface area contributed by atoms with Crippen molar-refractivity contribution in [1.82, 2.24) is 14.4 Å². The van der Waals surface area contributed by atoms with Crippen LogP contribution in [0.2, 0.25) is 0 Å². The molecule has 3 aromatic heterocycles. The molecule has 0 saturated carbocycles. The smallest absolute Gasteiger partial charge is 0.146 e. The van der Waals surface area contributed by atoms with Gasteiger partial charge >= 0.3 is 0 Å². The zero-order valence-corrected chi connectivity index (χ0v) is 27.6. The van der Waals surface area contributed by atoms with E-state index >= 15 is 0 Å². The minimum Gasteiger partial charge on any atom is -0.310 e. The Bertz CT molecular complexity index is 2720. The topological polar surface area (TPSA) is 33.4 Å². The number of hydrogen-bond acceptors (Lipinski definition) is 3. The van der Waals surface area contributed by atoms with Gasteiger partial charge in [-0.1, -0.05) is 115 Å². The first-order valence-electron chi connectivity index (χ1n) is 17.4. The molecule has 1 aliphatic heterocycles. The minimum atomic E-state index is -0.423. The molecule has 0 bridgehead atoms. The highest BCUT2D eigenvalue weighted by molar-refractivity contribution is 5.96. The van der Waals surface area contributed by atoms with Crippen LogP contribution in [0.3, 0.4) is 0 Å². The Balaban J connectivity index is 1.11. The van der Waals surface area contributed by atoms with Crippen LogP contribution >= 0.6 is 0 Å². The lowest BCUT2D eigenvalue weighted by Gasteiger charge is -2.45. The maximum Gasteiger partial charge on any atom is 0.146 e. The van der Waals surface area contributed by atoms with Crippen LogP contribution in [0.1, 0.15) is 22.3 Å². The van der Waals surface area contributed by atoms with Gasteiger partial charge in [-0.25, -0.2) is 9.97 Å². The molecule has 6 aromatic carbocycles. The highest BCUT2D eigenvalue weighted by Gasteiger charge is 2.51. The highest BCUT2D eigenvalue weighted by Crippen LogP contribution is 2.63.